The molecule has 2 aromatic carbocycles. The Morgan fingerprint density at radius 2 is 1.71 bits per heavy atom. The molecule has 0 spiro atoms. The van der Waals surface area contributed by atoms with Crippen molar-refractivity contribution in [2.24, 2.45) is 5.92 Å². The van der Waals surface area contributed by atoms with Gasteiger partial charge in [-0.2, -0.15) is 0 Å². The molecule has 0 heterocycles. The van der Waals surface area contributed by atoms with Crippen LogP contribution in [0.5, 0.6) is 0 Å². The Hall–Kier alpha value is -3.79. The summed E-state index contributed by atoms with van der Waals surface area (Å²) >= 11 is 0. The molecule has 1 unspecified atom stereocenters. The van der Waals surface area contributed by atoms with Gasteiger partial charge >= 0.3 is 12.1 Å². The SMILES string of the molecule is CC#CCC(NC(=O)OCC1c2ccccc2-c2ccccc21)C(=O)N(CC(=O)O)CC1CC1. The zero-order valence-electron chi connectivity index (χ0n) is 19.1. The highest BCUT2D eigenvalue weighted by molar-refractivity contribution is 5.88. The number of nitrogens with one attached hydrogen (secondary N) is 1. The van der Waals surface area contributed by atoms with Crippen LogP contribution >= 0.6 is 0 Å². The normalized spacial score (nSPS) is 14.7. The Balaban J connectivity index is 1.43. The molecule has 1 fully saturated rings. The monoisotopic (exact) mass is 460 g/mol. The van der Waals surface area contributed by atoms with E-state index in [0.717, 1.165) is 35.1 Å². The average Bonchev–Trinajstić information content (AvgIpc) is 3.59. The van der Waals surface area contributed by atoms with Crippen LogP contribution < -0.4 is 5.32 Å². The minimum Gasteiger partial charge on any atom is -0.480 e. The highest BCUT2D eigenvalue weighted by Crippen LogP contribution is 2.44. The fourth-order valence-corrected chi connectivity index (χ4v) is 4.41. The highest BCUT2D eigenvalue weighted by Gasteiger charge is 2.33. The first-order valence-corrected chi connectivity index (χ1v) is 11.5. The standard InChI is InChI=1S/C27H28N2O5/c1-2-3-12-24(26(32)29(16-25(30)31)15-18-13-14-18)28-27(33)34-17-23-21-10-6-4-8-19(21)20-9-5-7-11-22(20)23/h4-11,18,23-24H,12-17H2,1H3,(H,28,33)(H,30,31). The summed E-state index contributed by atoms with van der Waals surface area (Å²) in [6, 6.07) is 15.1. The first kappa shape index (κ1) is 23.4. The van der Waals surface area contributed by atoms with E-state index in [4.69, 9.17) is 4.74 Å². The molecular weight excluding hydrogens is 432 g/mol. The molecule has 0 saturated heterocycles. The summed E-state index contributed by atoms with van der Waals surface area (Å²) in [6.45, 7) is 1.74. The molecule has 7 heteroatoms. The minimum absolute atomic E-state index is 0.0836. The number of carbonyl (C=O) groups excluding carboxylic acids is 2. The third-order valence-electron chi connectivity index (χ3n) is 6.23. The van der Waals surface area contributed by atoms with Crippen molar-refractivity contribution in [1.82, 2.24) is 10.2 Å². The number of nitrogens with zero attached hydrogens (tertiary/aromatic N) is 1. The van der Waals surface area contributed by atoms with E-state index >= 15 is 0 Å². The van der Waals surface area contributed by atoms with Crippen molar-refractivity contribution in [3.05, 3.63) is 59.7 Å². The fourth-order valence-electron chi connectivity index (χ4n) is 4.41. The Morgan fingerprint density at radius 1 is 1.09 bits per heavy atom. The van der Waals surface area contributed by atoms with Gasteiger partial charge < -0.3 is 20.1 Å². The van der Waals surface area contributed by atoms with Gasteiger partial charge in [0.25, 0.3) is 0 Å². The van der Waals surface area contributed by atoms with E-state index in [1.54, 1.807) is 6.92 Å². The van der Waals surface area contributed by atoms with E-state index < -0.39 is 30.6 Å². The van der Waals surface area contributed by atoms with Crippen LogP contribution in [0.1, 0.15) is 43.2 Å². The van der Waals surface area contributed by atoms with Crippen molar-refractivity contribution in [2.45, 2.75) is 38.1 Å². The molecule has 4 rings (SSSR count). The lowest BCUT2D eigenvalue weighted by atomic mass is 9.98. The molecule has 2 aliphatic carbocycles. The lowest BCUT2D eigenvalue weighted by Crippen LogP contribution is -2.50. The van der Waals surface area contributed by atoms with Crippen LogP contribution in [-0.4, -0.2) is 53.7 Å². The quantitative estimate of drug-likeness (QED) is 0.557. The van der Waals surface area contributed by atoms with Crippen LogP contribution in [0.3, 0.4) is 0 Å². The predicted octanol–water partition coefficient (Wildman–Crippen LogP) is 3.63. The number of hydrogen-bond acceptors (Lipinski definition) is 4. The van der Waals surface area contributed by atoms with E-state index in [-0.39, 0.29) is 18.9 Å². The molecule has 1 atom stereocenters. The van der Waals surface area contributed by atoms with Crippen LogP contribution in [0.2, 0.25) is 0 Å². The van der Waals surface area contributed by atoms with Crippen molar-refractivity contribution in [3.8, 4) is 23.0 Å². The molecule has 2 aliphatic rings. The molecular formula is C27H28N2O5. The second-order valence-corrected chi connectivity index (χ2v) is 8.71. The maximum absolute atomic E-state index is 13.1. The molecule has 34 heavy (non-hydrogen) atoms. The first-order chi connectivity index (χ1) is 16.5. The maximum Gasteiger partial charge on any atom is 0.407 e. The third-order valence-corrected chi connectivity index (χ3v) is 6.23. The molecule has 2 amide bonds. The van der Waals surface area contributed by atoms with Gasteiger partial charge in [0.15, 0.2) is 0 Å². The van der Waals surface area contributed by atoms with Gasteiger partial charge in [-0.1, -0.05) is 48.5 Å². The number of hydrogen-bond donors (Lipinski definition) is 2. The minimum atomic E-state index is -1.09. The summed E-state index contributed by atoms with van der Waals surface area (Å²) in [4.78, 5) is 38.4. The van der Waals surface area contributed by atoms with Gasteiger partial charge in [0.2, 0.25) is 5.91 Å². The Morgan fingerprint density at radius 3 is 2.26 bits per heavy atom. The number of carboxylic acid groups (broad SMARTS) is 1. The Labute approximate surface area is 199 Å². The summed E-state index contributed by atoms with van der Waals surface area (Å²) in [5, 5.41) is 11.9. The number of benzene rings is 2. The van der Waals surface area contributed by atoms with Crippen molar-refractivity contribution in [2.75, 3.05) is 19.7 Å². The molecule has 1 saturated carbocycles. The van der Waals surface area contributed by atoms with Gasteiger partial charge in [-0.15, -0.1) is 11.8 Å². The van der Waals surface area contributed by atoms with E-state index in [0.29, 0.717) is 12.5 Å². The van der Waals surface area contributed by atoms with Gasteiger partial charge in [-0.05, 0) is 47.9 Å². The van der Waals surface area contributed by atoms with E-state index in [1.165, 1.54) is 4.90 Å². The van der Waals surface area contributed by atoms with E-state index in [2.05, 4.69) is 29.3 Å². The van der Waals surface area contributed by atoms with Gasteiger partial charge in [0.1, 0.15) is 19.2 Å². The van der Waals surface area contributed by atoms with Crippen LogP contribution in [0, 0.1) is 17.8 Å². The van der Waals surface area contributed by atoms with Crippen LogP contribution in [0.15, 0.2) is 48.5 Å². The van der Waals surface area contributed by atoms with E-state index in [9.17, 15) is 19.5 Å². The lowest BCUT2D eigenvalue weighted by Gasteiger charge is -2.26. The Kier molecular flexibility index (Phi) is 7.17. The smallest absolute Gasteiger partial charge is 0.407 e. The lowest BCUT2D eigenvalue weighted by molar-refractivity contribution is -0.145. The van der Waals surface area contributed by atoms with Crippen LogP contribution in [0.25, 0.3) is 11.1 Å². The molecule has 2 N–H and O–H groups in total. The summed E-state index contributed by atoms with van der Waals surface area (Å²) < 4.78 is 5.57. The molecule has 7 nitrogen and oxygen atoms in total. The average molecular weight is 461 g/mol. The number of alkyl carbamates (subject to hydrolysis) is 1. The van der Waals surface area contributed by atoms with E-state index in [1.807, 2.05) is 36.4 Å². The maximum atomic E-state index is 13.1. The first-order valence-electron chi connectivity index (χ1n) is 11.5. The molecule has 0 aromatic heterocycles. The number of aliphatic carboxylic acids is 1. The van der Waals surface area contributed by atoms with Crippen molar-refractivity contribution < 1.29 is 24.2 Å². The number of carboxylic acids is 1. The zero-order valence-corrected chi connectivity index (χ0v) is 19.1. The number of ether oxygens (including phenoxy) is 1. The number of fused-ring (bicyclic) bond motifs is 3. The summed E-state index contributed by atoms with van der Waals surface area (Å²) in [5.41, 5.74) is 4.45. The summed E-state index contributed by atoms with van der Waals surface area (Å²) in [7, 11) is 0. The second-order valence-electron chi connectivity index (χ2n) is 8.71. The van der Waals surface area contributed by atoms with Crippen molar-refractivity contribution in [1.29, 1.82) is 0 Å². The third kappa shape index (κ3) is 5.40. The molecule has 176 valence electrons. The van der Waals surface area contributed by atoms with Crippen molar-refractivity contribution in [3.63, 3.8) is 0 Å². The topological polar surface area (TPSA) is 95.9 Å². The van der Waals surface area contributed by atoms with Gasteiger partial charge in [0.05, 0.1) is 0 Å². The van der Waals surface area contributed by atoms with Crippen LogP contribution in [0.4, 0.5) is 4.79 Å². The van der Waals surface area contributed by atoms with Crippen LogP contribution in [-0.2, 0) is 14.3 Å². The van der Waals surface area contributed by atoms with Gasteiger partial charge in [0, 0.05) is 18.9 Å². The predicted molar refractivity (Wildman–Crippen MR) is 127 cm³/mol. The molecule has 0 radical (unpaired) electrons. The second kappa shape index (κ2) is 10.4. The molecule has 0 bridgehead atoms. The van der Waals surface area contributed by atoms with Crippen molar-refractivity contribution >= 4 is 18.0 Å². The number of amides is 2. The number of carbonyl (C=O) groups is 3. The summed E-state index contributed by atoms with van der Waals surface area (Å²) in [5.74, 6) is 4.23. The fraction of sp³-hybridized carbons (Fsp3) is 0.370. The molecule has 0 aliphatic heterocycles. The molecule has 2 aromatic rings. The zero-order chi connectivity index (χ0) is 24.1. The van der Waals surface area contributed by atoms with Gasteiger partial charge in [-0.25, -0.2) is 4.79 Å². The summed E-state index contributed by atoms with van der Waals surface area (Å²) in [6.07, 6.45) is 1.31. The van der Waals surface area contributed by atoms with Gasteiger partial charge in [-0.3, -0.25) is 9.59 Å². The Bertz CT molecular complexity index is 1100. The largest absolute Gasteiger partial charge is 0.480 e. The number of rotatable bonds is 9. The highest BCUT2D eigenvalue weighted by atomic mass is 16.5.